The molecule has 2 aromatic heterocycles. The molecule has 0 fully saturated rings. The first kappa shape index (κ1) is 22.8. The summed E-state index contributed by atoms with van der Waals surface area (Å²) < 4.78 is 5.61. The van der Waals surface area contributed by atoms with Gasteiger partial charge in [-0.2, -0.15) is 0 Å². The van der Waals surface area contributed by atoms with Crippen molar-refractivity contribution in [2.75, 3.05) is 7.11 Å². The van der Waals surface area contributed by atoms with Gasteiger partial charge in [-0.05, 0) is 47.5 Å². The number of para-hydroxylation sites is 1. The summed E-state index contributed by atoms with van der Waals surface area (Å²) >= 11 is 1.59. The van der Waals surface area contributed by atoms with Crippen LogP contribution in [-0.4, -0.2) is 22.1 Å². The van der Waals surface area contributed by atoms with E-state index < -0.39 is 0 Å². The highest BCUT2D eigenvalue weighted by Crippen LogP contribution is 2.34. The number of aromatic nitrogens is 3. The highest BCUT2D eigenvalue weighted by molar-refractivity contribution is 7.98. The van der Waals surface area contributed by atoms with E-state index in [0.29, 0.717) is 5.75 Å². The van der Waals surface area contributed by atoms with Crippen LogP contribution in [0.25, 0.3) is 33.3 Å². The van der Waals surface area contributed by atoms with Crippen LogP contribution in [-0.2, 0) is 5.75 Å². The largest absolute Gasteiger partial charge is 0.496 e. The lowest BCUT2D eigenvalue weighted by atomic mass is 9.98. The van der Waals surface area contributed by atoms with Crippen molar-refractivity contribution in [1.82, 2.24) is 15.0 Å². The number of benzene rings is 3. The van der Waals surface area contributed by atoms with Gasteiger partial charge in [-0.15, -0.1) is 12.4 Å². The summed E-state index contributed by atoms with van der Waals surface area (Å²) in [6, 6.07) is 29.0. The molecule has 4 nitrogen and oxygen atoms in total. The second-order valence-corrected chi connectivity index (χ2v) is 8.23. The van der Waals surface area contributed by atoms with Gasteiger partial charge < -0.3 is 4.74 Å². The lowest BCUT2D eigenvalue weighted by molar-refractivity contribution is 0.411. The molecule has 0 spiro atoms. The number of ether oxygens (including phenoxy) is 1. The van der Waals surface area contributed by atoms with Gasteiger partial charge in [0.1, 0.15) is 5.75 Å². The van der Waals surface area contributed by atoms with Crippen LogP contribution < -0.4 is 4.74 Å². The zero-order valence-electron chi connectivity index (χ0n) is 18.0. The molecule has 0 N–H and O–H groups in total. The smallest absolute Gasteiger partial charge is 0.187 e. The van der Waals surface area contributed by atoms with Crippen LogP contribution in [0.2, 0.25) is 0 Å². The molecule has 0 unspecified atom stereocenters. The number of pyridine rings is 1. The molecule has 5 rings (SSSR count). The minimum atomic E-state index is 0. The standard InChI is InChI=1S/C27H21N3OS.ClH/c1-31-26-13-12-20(16-21(26)18-32-27-28-14-7-15-29-27)25-17-23(19-8-3-2-4-9-19)22-10-5-6-11-24(22)30-25;/h2-17H,18H2,1H3;1H. The van der Waals surface area contributed by atoms with E-state index in [0.717, 1.165) is 38.6 Å². The van der Waals surface area contributed by atoms with Crippen molar-refractivity contribution in [1.29, 1.82) is 0 Å². The third-order valence-corrected chi connectivity index (χ3v) is 6.20. The SMILES string of the molecule is COc1ccc(-c2cc(-c3ccccc3)c3ccccc3n2)cc1CSc1ncccn1.Cl. The predicted molar refractivity (Wildman–Crippen MR) is 138 cm³/mol. The summed E-state index contributed by atoms with van der Waals surface area (Å²) in [5.74, 6) is 1.56. The highest BCUT2D eigenvalue weighted by atomic mass is 35.5. The Hall–Kier alpha value is -3.41. The fourth-order valence-corrected chi connectivity index (χ4v) is 4.51. The molecule has 3 aromatic carbocycles. The number of halogens is 1. The quantitative estimate of drug-likeness (QED) is 0.195. The number of hydrogen-bond acceptors (Lipinski definition) is 5. The van der Waals surface area contributed by atoms with E-state index in [9.17, 15) is 0 Å². The maximum atomic E-state index is 5.61. The molecule has 0 saturated heterocycles. The highest BCUT2D eigenvalue weighted by Gasteiger charge is 2.12. The van der Waals surface area contributed by atoms with Crippen molar-refractivity contribution in [2.24, 2.45) is 0 Å². The first-order valence-electron chi connectivity index (χ1n) is 10.3. The Morgan fingerprint density at radius 1 is 0.788 bits per heavy atom. The van der Waals surface area contributed by atoms with E-state index in [-0.39, 0.29) is 12.4 Å². The van der Waals surface area contributed by atoms with Crippen LogP contribution in [0, 0.1) is 0 Å². The van der Waals surface area contributed by atoms with E-state index in [1.807, 2.05) is 24.3 Å². The van der Waals surface area contributed by atoms with E-state index in [4.69, 9.17) is 9.72 Å². The molecule has 33 heavy (non-hydrogen) atoms. The molecule has 0 amide bonds. The first-order chi connectivity index (χ1) is 15.8. The third-order valence-electron chi connectivity index (χ3n) is 5.28. The molecule has 5 aromatic rings. The van der Waals surface area contributed by atoms with Gasteiger partial charge in [0.25, 0.3) is 0 Å². The summed E-state index contributed by atoms with van der Waals surface area (Å²) in [6.45, 7) is 0. The number of rotatable bonds is 6. The van der Waals surface area contributed by atoms with Crippen molar-refractivity contribution < 1.29 is 4.74 Å². The minimum absolute atomic E-state index is 0. The third kappa shape index (κ3) is 5.00. The molecule has 6 heteroatoms. The fourth-order valence-electron chi connectivity index (χ4n) is 3.73. The molecule has 2 heterocycles. The van der Waals surface area contributed by atoms with E-state index in [1.54, 1.807) is 31.3 Å². The second kappa shape index (κ2) is 10.5. The summed E-state index contributed by atoms with van der Waals surface area (Å²) in [4.78, 5) is 13.6. The second-order valence-electron chi connectivity index (χ2n) is 7.28. The van der Waals surface area contributed by atoms with Crippen molar-refractivity contribution in [3.63, 3.8) is 0 Å². The molecule has 0 saturated carbocycles. The van der Waals surface area contributed by atoms with Crippen LogP contribution in [0.4, 0.5) is 0 Å². The number of thioether (sulfide) groups is 1. The van der Waals surface area contributed by atoms with Crippen LogP contribution in [0.3, 0.4) is 0 Å². The van der Waals surface area contributed by atoms with E-state index in [2.05, 4.69) is 70.6 Å². The monoisotopic (exact) mass is 471 g/mol. The van der Waals surface area contributed by atoms with Crippen molar-refractivity contribution in [2.45, 2.75) is 10.9 Å². The molecule has 0 aliphatic rings. The Balaban J connectivity index is 0.00000259. The van der Waals surface area contributed by atoms with Crippen molar-refractivity contribution >= 4 is 35.1 Å². The number of hydrogen-bond donors (Lipinski definition) is 0. The molecule has 0 aliphatic heterocycles. The van der Waals surface area contributed by atoms with Gasteiger partial charge in [-0.3, -0.25) is 0 Å². The zero-order chi connectivity index (χ0) is 21.8. The van der Waals surface area contributed by atoms with Gasteiger partial charge in [0, 0.05) is 34.7 Å². The van der Waals surface area contributed by atoms with Crippen molar-refractivity contribution in [3.05, 3.63) is 103 Å². The van der Waals surface area contributed by atoms with Gasteiger partial charge in [-0.1, -0.05) is 60.3 Å². The van der Waals surface area contributed by atoms with Gasteiger partial charge in [0.2, 0.25) is 0 Å². The zero-order valence-corrected chi connectivity index (χ0v) is 19.6. The van der Waals surface area contributed by atoms with E-state index >= 15 is 0 Å². The first-order valence-corrected chi connectivity index (χ1v) is 11.3. The van der Waals surface area contributed by atoms with Gasteiger partial charge in [-0.25, -0.2) is 15.0 Å². The summed E-state index contributed by atoms with van der Waals surface area (Å²) in [7, 11) is 1.70. The van der Waals surface area contributed by atoms with Crippen molar-refractivity contribution in [3.8, 4) is 28.1 Å². The van der Waals surface area contributed by atoms with Gasteiger partial charge in [0.05, 0.1) is 18.3 Å². The Morgan fingerprint density at radius 3 is 2.33 bits per heavy atom. The number of nitrogens with zero attached hydrogens (tertiary/aromatic N) is 3. The molecule has 0 atom stereocenters. The summed E-state index contributed by atoms with van der Waals surface area (Å²) in [5.41, 5.74) is 6.41. The Morgan fingerprint density at radius 2 is 1.55 bits per heavy atom. The Labute approximate surface area is 203 Å². The molecule has 0 radical (unpaired) electrons. The molecule has 0 aliphatic carbocycles. The lowest BCUT2D eigenvalue weighted by Gasteiger charge is -2.13. The topological polar surface area (TPSA) is 47.9 Å². The Kier molecular flexibility index (Phi) is 7.23. The Bertz CT molecular complexity index is 1360. The average Bonchev–Trinajstić information content (AvgIpc) is 2.87. The maximum absolute atomic E-state index is 5.61. The lowest BCUT2D eigenvalue weighted by Crippen LogP contribution is -1.94. The maximum Gasteiger partial charge on any atom is 0.187 e. The van der Waals surface area contributed by atoms with Gasteiger partial charge in [0.15, 0.2) is 5.16 Å². The van der Waals surface area contributed by atoms with Crippen LogP contribution >= 0.6 is 24.2 Å². The van der Waals surface area contributed by atoms with Crippen LogP contribution in [0.5, 0.6) is 5.75 Å². The van der Waals surface area contributed by atoms with Gasteiger partial charge >= 0.3 is 0 Å². The molecule has 0 bridgehead atoms. The summed E-state index contributed by atoms with van der Waals surface area (Å²) in [5, 5.41) is 1.89. The molecular formula is C27H22ClN3OS. The predicted octanol–water partition coefficient (Wildman–Crippen LogP) is 7.08. The molecule has 164 valence electrons. The molecular weight excluding hydrogens is 450 g/mol. The van der Waals surface area contributed by atoms with E-state index in [1.165, 1.54) is 11.1 Å². The average molecular weight is 472 g/mol. The van der Waals surface area contributed by atoms with Crippen LogP contribution in [0.1, 0.15) is 5.56 Å². The van der Waals surface area contributed by atoms with Crippen LogP contribution in [0.15, 0.2) is 102 Å². The fraction of sp³-hybridized carbons (Fsp3) is 0.0741. The number of fused-ring (bicyclic) bond motifs is 1. The number of methoxy groups -OCH3 is 1. The minimum Gasteiger partial charge on any atom is -0.496 e. The normalized spacial score (nSPS) is 10.6. The summed E-state index contributed by atoms with van der Waals surface area (Å²) in [6.07, 6.45) is 3.51.